The van der Waals surface area contributed by atoms with Crippen LogP contribution in [0.5, 0.6) is 11.5 Å². The molecule has 0 aliphatic carbocycles. The lowest BCUT2D eigenvalue weighted by Gasteiger charge is -2.19. The fourth-order valence-corrected chi connectivity index (χ4v) is 2.10. The summed E-state index contributed by atoms with van der Waals surface area (Å²) in [6.45, 7) is 4.95. The molecule has 1 aliphatic rings. The van der Waals surface area contributed by atoms with E-state index in [2.05, 4.69) is 4.74 Å². The minimum absolute atomic E-state index is 0.149. The Labute approximate surface area is 122 Å². The first-order valence-corrected chi connectivity index (χ1v) is 6.57. The molecule has 20 heavy (non-hydrogen) atoms. The summed E-state index contributed by atoms with van der Waals surface area (Å²) in [5.74, 6) is 0.0926. The molecule has 1 N–H and O–H groups in total. The second-order valence-corrected chi connectivity index (χ2v) is 5.90. The smallest absolute Gasteiger partial charge is 0.339 e. The minimum Gasteiger partial charge on any atom is -0.489 e. The zero-order valence-electron chi connectivity index (χ0n) is 11.6. The number of hydrogen-bond acceptors (Lipinski definition) is 5. The Bertz CT molecular complexity index is 527. The van der Waals surface area contributed by atoms with E-state index in [0.717, 1.165) is 0 Å². The lowest BCUT2D eigenvalue weighted by molar-refractivity contribution is -0.150. The van der Waals surface area contributed by atoms with Gasteiger partial charge in [0.25, 0.3) is 0 Å². The number of rotatable bonds is 2. The van der Waals surface area contributed by atoms with Crippen LogP contribution >= 0.6 is 11.6 Å². The summed E-state index contributed by atoms with van der Waals surface area (Å²) in [6, 6.07) is 3.02. The van der Waals surface area contributed by atoms with Crippen molar-refractivity contribution in [1.29, 1.82) is 0 Å². The summed E-state index contributed by atoms with van der Waals surface area (Å²) in [4.78, 5) is 11.4. The Balaban J connectivity index is 2.36. The normalized spacial score (nSPS) is 18.1. The van der Waals surface area contributed by atoms with Gasteiger partial charge in [-0.3, -0.25) is 0 Å². The van der Waals surface area contributed by atoms with Crippen LogP contribution in [-0.4, -0.2) is 31.4 Å². The van der Waals surface area contributed by atoms with Gasteiger partial charge in [0.2, 0.25) is 0 Å². The maximum atomic E-state index is 11.4. The molecule has 1 aromatic carbocycles. The summed E-state index contributed by atoms with van der Waals surface area (Å²) in [5.41, 5.74) is 0.160. The van der Waals surface area contributed by atoms with Crippen LogP contribution in [0.3, 0.4) is 0 Å². The van der Waals surface area contributed by atoms with Crippen molar-refractivity contribution in [2.75, 3.05) is 20.3 Å². The number of aliphatic hydroxyl groups excluding tert-OH is 1. The molecule has 0 radical (unpaired) electrons. The minimum atomic E-state index is -1.40. The molecule has 0 aromatic heterocycles. The molecule has 0 fully saturated rings. The van der Waals surface area contributed by atoms with Crippen LogP contribution < -0.4 is 9.47 Å². The van der Waals surface area contributed by atoms with E-state index < -0.39 is 12.1 Å². The highest BCUT2D eigenvalue weighted by Gasteiger charge is 2.28. The van der Waals surface area contributed by atoms with E-state index >= 15 is 0 Å². The van der Waals surface area contributed by atoms with E-state index in [0.29, 0.717) is 30.3 Å². The molecular formula is C14H17ClO5. The lowest BCUT2D eigenvalue weighted by Crippen LogP contribution is -2.26. The fourth-order valence-electron chi connectivity index (χ4n) is 1.82. The number of carbonyl (C=O) groups excluding carboxylic acids is 1. The predicted octanol–water partition coefficient (Wildman–Crippen LogP) is 2.34. The first kappa shape index (κ1) is 14.9. The highest BCUT2D eigenvalue weighted by Crippen LogP contribution is 2.41. The van der Waals surface area contributed by atoms with Crippen LogP contribution in [-0.2, 0) is 9.53 Å². The van der Waals surface area contributed by atoms with Crippen LogP contribution in [0.4, 0.5) is 0 Å². The van der Waals surface area contributed by atoms with Crippen molar-refractivity contribution in [3.05, 3.63) is 22.7 Å². The largest absolute Gasteiger partial charge is 0.489 e. The van der Waals surface area contributed by atoms with Gasteiger partial charge in [-0.25, -0.2) is 4.79 Å². The fraction of sp³-hybridized carbons (Fsp3) is 0.500. The van der Waals surface area contributed by atoms with Gasteiger partial charge < -0.3 is 19.3 Å². The number of fused-ring (bicyclic) bond motifs is 1. The van der Waals surface area contributed by atoms with Crippen molar-refractivity contribution >= 4 is 17.6 Å². The number of esters is 1. The third kappa shape index (κ3) is 2.99. The molecule has 1 aliphatic heterocycles. The van der Waals surface area contributed by atoms with Gasteiger partial charge in [0.1, 0.15) is 0 Å². The molecule has 0 amide bonds. The van der Waals surface area contributed by atoms with E-state index in [4.69, 9.17) is 21.1 Å². The maximum absolute atomic E-state index is 11.4. The van der Waals surface area contributed by atoms with E-state index in [1.807, 2.05) is 13.8 Å². The number of methoxy groups -OCH3 is 1. The number of hydrogen-bond donors (Lipinski definition) is 1. The SMILES string of the molecule is COC(=O)C(O)c1cc(Cl)c2c(c1)OCC(C)(C)CO2. The molecule has 110 valence electrons. The van der Waals surface area contributed by atoms with Gasteiger partial charge in [-0.2, -0.15) is 0 Å². The van der Waals surface area contributed by atoms with Gasteiger partial charge in [-0.1, -0.05) is 25.4 Å². The molecule has 0 spiro atoms. The Morgan fingerprint density at radius 1 is 1.40 bits per heavy atom. The Kier molecular flexibility index (Phi) is 4.11. The van der Waals surface area contributed by atoms with E-state index in [1.165, 1.54) is 13.2 Å². The standard InChI is InChI=1S/C14H17ClO5/c1-14(2)6-19-10-5-8(11(16)13(17)18-3)4-9(15)12(10)20-7-14/h4-5,11,16H,6-7H2,1-3H3. The van der Waals surface area contributed by atoms with Crippen molar-refractivity contribution in [2.45, 2.75) is 20.0 Å². The number of benzene rings is 1. The van der Waals surface area contributed by atoms with Gasteiger partial charge in [0.05, 0.1) is 25.3 Å². The lowest BCUT2D eigenvalue weighted by atomic mass is 9.97. The highest BCUT2D eigenvalue weighted by molar-refractivity contribution is 6.32. The zero-order valence-corrected chi connectivity index (χ0v) is 12.4. The number of aliphatic hydroxyl groups is 1. The molecule has 1 atom stereocenters. The van der Waals surface area contributed by atoms with Crippen LogP contribution in [0.25, 0.3) is 0 Å². The van der Waals surface area contributed by atoms with Crippen molar-refractivity contribution in [2.24, 2.45) is 5.41 Å². The van der Waals surface area contributed by atoms with Crippen molar-refractivity contribution < 1.29 is 24.1 Å². The summed E-state index contributed by atoms with van der Waals surface area (Å²) >= 11 is 6.14. The van der Waals surface area contributed by atoms with Crippen molar-refractivity contribution in [3.8, 4) is 11.5 Å². The first-order valence-electron chi connectivity index (χ1n) is 6.19. The van der Waals surface area contributed by atoms with Crippen LogP contribution in [0.15, 0.2) is 12.1 Å². The van der Waals surface area contributed by atoms with Gasteiger partial charge >= 0.3 is 5.97 Å². The predicted molar refractivity (Wildman–Crippen MR) is 73.2 cm³/mol. The van der Waals surface area contributed by atoms with Crippen molar-refractivity contribution in [1.82, 2.24) is 0 Å². The van der Waals surface area contributed by atoms with Crippen molar-refractivity contribution in [3.63, 3.8) is 0 Å². The third-order valence-corrected chi connectivity index (χ3v) is 3.28. The number of carbonyl (C=O) groups is 1. The monoisotopic (exact) mass is 300 g/mol. The van der Waals surface area contributed by atoms with Gasteiger partial charge in [0.15, 0.2) is 17.6 Å². The average Bonchev–Trinajstić information content (AvgIpc) is 2.56. The Morgan fingerprint density at radius 2 is 2.05 bits per heavy atom. The van der Waals surface area contributed by atoms with E-state index in [-0.39, 0.29) is 10.4 Å². The Morgan fingerprint density at radius 3 is 2.70 bits per heavy atom. The molecule has 5 nitrogen and oxygen atoms in total. The van der Waals surface area contributed by atoms with E-state index in [9.17, 15) is 9.90 Å². The summed E-state index contributed by atoms with van der Waals surface area (Å²) in [7, 11) is 1.21. The summed E-state index contributed by atoms with van der Waals surface area (Å²) < 4.78 is 15.8. The second kappa shape index (κ2) is 5.50. The van der Waals surface area contributed by atoms with Gasteiger partial charge in [-0.05, 0) is 17.7 Å². The van der Waals surface area contributed by atoms with Crippen LogP contribution in [0.1, 0.15) is 25.5 Å². The second-order valence-electron chi connectivity index (χ2n) is 5.50. The van der Waals surface area contributed by atoms with Crippen LogP contribution in [0, 0.1) is 5.41 Å². The highest BCUT2D eigenvalue weighted by atomic mass is 35.5. The average molecular weight is 301 g/mol. The molecular weight excluding hydrogens is 284 g/mol. The van der Waals surface area contributed by atoms with Crippen LogP contribution in [0.2, 0.25) is 5.02 Å². The molecule has 0 saturated carbocycles. The number of ether oxygens (including phenoxy) is 3. The third-order valence-electron chi connectivity index (χ3n) is 3.00. The van der Waals surface area contributed by atoms with Gasteiger partial charge in [0, 0.05) is 5.41 Å². The summed E-state index contributed by atoms with van der Waals surface area (Å²) in [5, 5.41) is 10.1. The number of halogens is 1. The van der Waals surface area contributed by atoms with E-state index in [1.54, 1.807) is 6.07 Å². The molecule has 0 bridgehead atoms. The maximum Gasteiger partial charge on any atom is 0.339 e. The summed E-state index contributed by atoms with van der Waals surface area (Å²) in [6.07, 6.45) is -1.40. The molecule has 1 heterocycles. The topological polar surface area (TPSA) is 65.0 Å². The zero-order chi connectivity index (χ0) is 14.9. The molecule has 2 rings (SSSR count). The quantitative estimate of drug-likeness (QED) is 0.849. The molecule has 6 heteroatoms. The van der Waals surface area contributed by atoms with Gasteiger partial charge in [-0.15, -0.1) is 0 Å². The molecule has 1 aromatic rings. The molecule has 0 saturated heterocycles. The molecule has 1 unspecified atom stereocenters. The Hall–Kier alpha value is -1.46. The first-order chi connectivity index (χ1) is 9.34.